The molecule has 2 aliphatic heterocycles. The maximum absolute atomic E-state index is 5.58. The van der Waals surface area contributed by atoms with Crippen LogP contribution >= 0.6 is 0 Å². The topological polar surface area (TPSA) is 39.1 Å². The predicted octanol–water partition coefficient (Wildman–Crippen LogP) is 1.70. The highest BCUT2D eigenvalue weighted by molar-refractivity contribution is 5.10. The van der Waals surface area contributed by atoms with Gasteiger partial charge in [0.15, 0.2) is 0 Å². The smallest absolute Gasteiger partial charge is 0.0951 e. The highest BCUT2D eigenvalue weighted by Gasteiger charge is 2.23. The Labute approximate surface area is 102 Å². The van der Waals surface area contributed by atoms with E-state index in [2.05, 4.69) is 14.9 Å². The van der Waals surface area contributed by atoms with Crippen molar-refractivity contribution in [1.82, 2.24) is 14.9 Å². The van der Waals surface area contributed by atoms with Crippen LogP contribution in [-0.4, -0.2) is 35.9 Å². The normalized spacial score (nSPS) is 30.4. The van der Waals surface area contributed by atoms with Crippen molar-refractivity contribution < 1.29 is 4.74 Å². The molecule has 0 saturated carbocycles. The highest BCUT2D eigenvalue weighted by atomic mass is 16.5. The third-order valence-electron chi connectivity index (χ3n) is 3.94. The summed E-state index contributed by atoms with van der Waals surface area (Å²) in [6, 6.07) is 0.503. The minimum atomic E-state index is 0.503. The number of imidazole rings is 1. The van der Waals surface area contributed by atoms with E-state index < -0.39 is 0 Å². The van der Waals surface area contributed by atoms with Crippen molar-refractivity contribution in [2.75, 3.05) is 26.3 Å². The summed E-state index contributed by atoms with van der Waals surface area (Å²) in [6.45, 7) is 4.03. The van der Waals surface area contributed by atoms with Crippen molar-refractivity contribution in [2.24, 2.45) is 0 Å². The molecule has 0 aliphatic carbocycles. The number of hydrogen-bond donors (Lipinski definition) is 1. The van der Waals surface area contributed by atoms with Crippen LogP contribution in [0.3, 0.4) is 0 Å². The van der Waals surface area contributed by atoms with Crippen LogP contribution < -0.4 is 5.32 Å². The van der Waals surface area contributed by atoms with E-state index in [1.807, 2.05) is 12.5 Å². The molecule has 1 N–H and O–H groups in total. The molecule has 4 nitrogen and oxygen atoms in total. The van der Waals surface area contributed by atoms with Gasteiger partial charge in [-0.25, -0.2) is 4.98 Å². The van der Waals surface area contributed by atoms with Gasteiger partial charge in [0.1, 0.15) is 0 Å². The van der Waals surface area contributed by atoms with Crippen LogP contribution in [0.15, 0.2) is 12.5 Å². The average Bonchev–Trinajstić information content (AvgIpc) is 2.90. The van der Waals surface area contributed by atoms with Crippen molar-refractivity contribution in [2.45, 2.75) is 37.6 Å². The van der Waals surface area contributed by atoms with Crippen molar-refractivity contribution in [3.63, 3.8) is 0 Å². The highest BCUT2D eigenvalue weighted by Crippen LogP contribution is 2.28. The van der Waals surface area contributed by atoms with Gasteiger partial charge in [0.05, 0.1) is 19.0 Å². The zero-order valence-corrected chi connectivity index (χ0v) is 10.3. The van der Waals surface area contributed by atoms with Crippen LogP contribution in [0, 0.1) is 0 Å². The molecule has 1 aromatic rings. The summed E-state index contributed by atoms with van der Waals surface area (Å²) in [5.74, 6) is 0.633. The number of nitrogens with one attached hydrogen (secondary N) is 1. The predicted molar refractivity (Wildman–Crippen MR) is 66.2 cm³/mol. The first-order chi connectivity index (χ1) is 8.45. The summed E-state index contributed by atoms with van der Waals surface area (Å²) in [7, 11) is 0. The van der Waals surface area contributed by atoms with Gasteiger partial charge < -0.3 is 14.6 Å². The number of piperidine rings is 1. The molecule has 3 rings (SSSR count). The molecule has 0 bridgehead atoms. The minimum Gasteiger partial charge on any atom is -0.379 e. The van der Waals surface area contributed by atoms with E-state index in [1.54, 1.807) is 0 Å². The molecule has 94 valence electrons. The van der Waals surface area contributed by atoms with Crippen molar-refractivity contribution in [3.05, 3.63) is 18.2 Å². The summed E-state index contributed by atoms with van der Waals surface area (Å²) >= 11 is 0. The third kappa shape index (κ3) is 2.38. The van der Waals surface area contributed by atoms with Crippen molar-refractivity contribution in [1.29, 1.82) is 0 Å². The number of hydrogen-bond acceptors (Lipinski definition) is 3. The summed E-state index contributed by atoms with van der Waals surface area (Å²) < 4.78 is 7.94. The lowest BCUT2D eigenvalue weighted by Crippen LogP contribution is -2.31. The standard InChI is InChI=1S/C13H21N3O/c1-3-11(7-14-5-1)13-8-15-10-16(13)12-4-2-6-17-9-12/h8,10-12,14H,1-7,9H2. The second-order valence-electron chi connectivity index (χ2n) is 5.14. The summed E-state index contributed by atoms with van der Waals surface area (Å²) in [5, 5.41) is 3.48. The van der Waals surface area contributed by atoms with Crippen LogP contribution in [0.25, 0.3) is 0 Å². The van der Waals surface area contributed by atoms with Crippen LogP contribution in [-0.2, 0) is 4.74 Å². The van der Waals surface area contributed by atoms with Gasteiger partial charge in [-0.2, -0.15) is 0 Å². The van der Waals surface area contributed by atoms with Crippen molar-refractivity contribution >= 4 is 0 Å². The van der Waals surface area contributed by atoms with Crippen LogP contribution in [0.1, 0.15) is 43.3 Å². The Morgan fingerprint density at radius 1 is 1.35 bits per heavy atom. The SMILES string of the molecule is c1ncn(C2CCCOC2)c1C1CCCNC1. The second kappa shape index (κ2) is 5.19. The Morgan fingerprint density at radius 3 is 3.12 bits per heavy atom. The van der Waals surface area contributed by atoms with Gasteiger partial charge in [0.25, 0.3) is 0 Å². The minimum absolute atomic E-state index is 0.503. The molecule has 0 amide bonds. The Kier molecular flexibility index (Phi) is 3.43. The van der Waals surface area contributed by atoms with E-state index in [9.17, 15) is 0 Å². The Morgan fingerprint density at radius 2 is 2.35 bits per heavy atom. The van der Waals surface area contributed by atoms with Gasteiger partial charge in [-0.1, -0.05) is 0 Å². The second-order valence-corrected chi connectivity index (χ2v) is 5.14. The molecule has 3 heterocycles. The Bertz CT molecular complexity index is 319. The lowest BCUT2D eigenvalue weighted by molar-refractivity contribution is 0.0578. The maximum Gasteiger partial charge on any atom is 0.0951 e. The molecule has 2 fully saturated rings. The van der Waals surface area contributed by atoms with Crippen LogP contribution in [0.4, 0.5) is 0 Å². The third-order valence-corrected chi connectivity index (χ3v) is 3.94. The molecule has 2 atom stereocenters. The van der Waals surface area contributed by atoms with Gasteiger partial charge >= 0.3 is 0 Å². The Hall–Kier alpha value is -0.870. The van der Waals surface area contributed by atoms with E-state index in [-0.39, 0.29) is 0 Å². The molecule has 4 heteroatoms. The van der Waals surface area contributed by atoms with Crippen LogP contribution in [0.5, 0.6) is 0 Å². The van der Waals surface area contributed by atoms with E-state index >= 15 is 0 Å². The van der Waals surface area contributed by atoms with E-state index in [4.69, 9.17) is 4.74 Å². The zero-order chi connectivity index (χ0) is 11.5. The van der Waals surface area contributed by atoms with Gasteiger partial charge in [0, 0.05) is 31.0 Å². The fourth-order valence-electron chi connectivity index (χ4n) is 2.98. The van der Waals surface area contributed by atoms with Gasteiger partial charge in [-0.3, -0.25) is 0 Å². The Balaban J connectivity index is 1.77. The number of aromatic nitrogens is 2. The number of ether oxygens (including phenoxy) is 1. The summed E-state index contributed by atoms with van der Waals surface area (Å²) in [5.41, 5.74) is 1.40. The molecule has 0 radical (unpaired) electrons. The number of nitrogens with zero attached hydrogens (tertiary/aromatic N) is 2. The molecule has 2 aliphatic rings. The summed E-state index contributed by atoms with van der Waals surface area (Å²) in [4.78, 5) is 4.35. The largest absolute Gasteiger partial charge is 0.379 e. The zero-order valence-electron chi connectivity index (χ0n) is 10.3. The van der Waals surface area contributed by atoms with Gasteiger partial charge in [-0.15, -0.1) is 0 Å². The summed E-state index contributed by atoms with van der Waals surface area (Å²) in [6.07, 6.45) is 8.99. The number of rotatable bonds is 2. The van der Waals surface area contributed by atoms with E-state index in [0.717, 1.165) is 26.3 Å². The first-order valence-corrected chi connectivity index (χ1v) is 6.75. The quantitative estimate of drug-likeness (QED) is 0.848. The first kappa shape index (κ1) is 11.2. The molecular weight excluding hydrogens is 214 g/mol. The fourth-order valence-corrected chi connectivity index (χ4v) is 2.98. The first-order valence-electron chi connectivity index (χ1n) is 6.75. The molecule has 2 unspecified atom stereocenters. The lowest BCUT2D eigenvalue weighted by atomic mass is 9.96. The van der Waals surface area contributed by atoms with Crippen LogP contribution in [0.2, 0.25) is 0 Å². The molecule has 17 heavy (non-hydrogen) atoms. The van der Waals surface area contributed by atoms with Gasteiger partial charge in [0.2, 0.25) is 0 Å². The van der Waals surface area contributed by atoms with Gasteiger partial charge in [-0.05, 0) is 32.2 Å². The molecule has 1 aromatic heterocycles. The molecular formula is C13H21N3O. The molecule has 2 saturated heterocycles. The maximum atomic E-state index is 5.58. The average molecular weight is 235 g/mol. The van der Waals surface area contributed by atoms with E-state index in [1.165, 1.54) is 31.4 Å². The fraction of sp³-hybridized carbons (Fsp3) is 0.769. The molecule has 0 aromatic carbocycles. The monoisotopic (exact) mass is 235 g/mol. The lowest BCUT2D eigenvalue weighted by Gasteiger charge is -2.29. The molecule has 0 spiro atoms. The van der Waals surface area contributed by atoms with Crippen molar-refractivity contribution in [3.8, 4) is 0 Å². The van der Waals surface area contributed by atoms with E-state index in [0.29, 0.717) is 12.0 Å².